The van der Waals surface area contributed by atoms with Crippen LogP contribution in [0, 0.1) is 0 Å². The average molecular weight is 266 g/mol. The molecule has 1 aliphatic rings. The summed E-state index contributed by atoms with van der Waals surface area (Å²) in [6.07, 6.45) is 4.22. The van der Waals surface area contributed by atoms with E-state index in [4.69, 9.17) is 4.74 Å². The molecule has 1 N–H and O–H groups in total. The fraction of sp³-hybridized carbons (Fsp3) is 0.786. The van der Waals surface area contributed by atoms with Gasteiger partial charge in [-0.25, -0.2) is 0 Å². The predicted molar refractivity (Wildman–Crippen MR) is 76.1 cm³/mol. The second kappa shape index (κ2) is 8.30. The van der Waals surface area contributed by atoms with Crippen LogP contribution in [0.2, 0.25) is 0 Å². The number of hydrogen-bond acceptors (Lipinski definition) is 4. The number of aryl methyl sites for hydroxylation is 1. The van der Waals surface area contributed by atoms with Crippen molar-refractivity contribution in [3.05, 3.63) is 18.0 Å². The Balaban J connectivity index is 1.57. The van der Waals surface area contributed by atoms with E-state index in [1.165, 1.54) is 18.7 Å². The van der Waals surface area contributed by atoms with Crippen molar-refractivity contribution in [1.82, 2.24) is 20.0 Å². The van der Waals surface area contributed by atoms with Crippen molar-refractivity contribution in [2.24, 2.45) is 0 Å². The van der Waals surface area contributed by atoms with Gasteiger partial charge < -0.3 is 10.1 Å². The number of hydrogen-bond donors (Lipinski definition) is 1. The minimum absolute atomic E-state index is 0.892. The van der Waals surface area contributed by atoms with Crippen LogP contribution in [-0.2, 0) is 17.8 Å². The van der Waals surface area contributed by atoms with Gasteiger partial charge in [-0.2, -0.15) is 5.10 Å². The number of rotatable bonds is 8. The summed E-state index contributed by atoms with van der Waals surface area (Å²) in [7, 11) is 0. The standard InChI is InChI=1S/C14H26N4O/c1-2-7-18-14(4-6-16-18)13-15-5-3-8-17-9-11-19-12-10-17/h4,6,15H,2-3,5,7-13H2,1H3. The first kappa shape index (κ1) is 14.5. The molecule has 0 bridgehead atoms. The van der Waals surface area contributed by atoms with Crippen LogP contribution < -0.4 is 5.32 Å². The van der Waals surface area contributed by atoms with Crippen LogP contribution >= 0.6 is 0 Å². The molecule has 0 atom stereocenters. The van der Waals surface area contributed by atoms with Gasteiger partial charge in [0, 0.05) is 32.4 Å². The molecule has 5 heteroatoms. The summed E-state index contributed by atoms with van der Waals surface area (Å²) in [5.41, 5.74) is 1.29. The molecule has 2 heterocycles. The summed E-state index contributed by atoms with van der Waals surface area (Å²) >= 11 is 0. The Hall–Kier alpha value is -0.910. The third-order valence-corrected chi connectivity index (χ3v) is 3.48. The monoisotopic (exact) mass is 266 g/mol. The maximum absolute atomic E-state index is 5.35. The lowest BCUT2D eigenvalue weighted by Gasteiger charge is -2.26. The molecular formula is C14H26N4O. The summed E-state index contributed by atoms with van der Waals surface area (Å²) in [5.74, 6) is 0. The van der Waals surface area contributed by atoms with Crippen molar-refractivity contribution in [2.75, 3.05) is 39.4 Å². The van der Waals surface area contributed by atoms with Gasteiger partial charge in [0.15, 0.2) is 0 Å². The van der Waals surface area contributed by atoms with E-state index in [2.05, 4.69) is 33.0 Å². The Kier molecular flexibility index (Phi) is 6.33. The highest BCUT2D eigenvalue weighted by Crippen LogP contribution is 2.00. The molecule has 1 saturated heterocycles. The van der Waals surface area contributed by atoms with Crippen LogP contribution in [0.15, 0.2) is 12.3 Å². The van der Waals surface area contributed by atoms with E-state index in [9.17, 15) is 0 Å². The van der Waals surface area contributed by atoms with Crippen molar-refractivity contribution in [3.8, 4) is 0 Å². The molecule has 0 saturated carbocycles. The van der Waals surface area contributed by atoms with Gasteiger partial charge in [-0.15, -0.1) is 0 Å². The summed E-state index contributed by atoms with van der Waals surface area (Å²) in [5, 5.41) is 7.84. The Labute approximate surface area is 115 Å². The summed E-state index contributed by atoms with van der Waals surface area (Å²) in [6, 6.07) is 2.10. The minimum atomic E-state index is 0.892. The quantitative estimate of drug-likeness (QED) is 0.716. The van der Waals surface area contributed by atoms with Crippen molar-refractivity contribution < 1.29 is 4.74 Å². The molecule has 0 aliphatic carbocycles. The van der Waals surface area contributed by atoms with E-state index in [-0.39, 0.29) is 0 Å². The summed E-state index contributed by atoms with van der Waals surface area (Å²) in [6.45, 7) is 10.3. The van der Waals surface area contributed by atoms with Gasteiger partial charge >= 0.3 is 0 Å². The molecule has 108 valence electrons. The fourth-order valence-corrected chi connectivity index (χ4v) is 2.39. The number of nitrogens with one attached hydrogen (secondary N) is 1. The Morgan fingerprint density at radius 1 is 1.32 bits per heavy atom. The minimum Gasteiger partial charge on any atom is -0.379 e. The highest BCUT2D eigenvalue weighted by Gasteiger charge is 2.09. The van der Waals surface area contributed by atoms with Gasteiger partial charge in [0.05, 0.1) is 18.9 Å². The summed E-state index contributed by atoms with van der Waals surface area (Å²) in [4.78, 5) is 2.48. The first-order valence-corrected chi connectivity index (χ1v) is 7.41. The molecule has 0 unspecified atom stereocenters. The van der Waals surface area contributed by atoms with Crippen LogP contribution in [0.3, 0.4) is 0 Å². The van der Waals surface area contributed by atoms with E-state index in [0.29, 0.717) is 0 Å². The molecule has 1 aromatic heterocycles. The Morgan fingerprint density at radius 3 is 2.95 bits per heavy atom. The molecule has 1 aromatic rings. The first-order chi connectivity index (χ1) is 9.40. The van der Waals surface area contributed by atoms with Gasteiger partial charge in [0.25, 0.3) is 0 Å². The Bertz CT molecular complexity index is 347. The van der Waals surface area contributed by atoms with E-state index >= 15 is 0 Å². The van der Waals surface area contributed by atoms with Gasteiger partial charge in [0.2, 0.25) is 0 Å². The third-order valence-electron chi connectivity index (χ3n) is 3.48. The van der Waals surface area contributed by atoms with Crippen LogP contribution in [0.4, 0.5) is 0 Å². The largest absolute Gasteiger partial charge is 0.379 e. The van der Waals surface area contributed by atoms with E-state index in [0.717, 1.165) is 52.4 Å². The molecule has 1 aliphatic heterocycles. The van der Waals surface area contributed by atoms with Crippen LogP contribution in [-0.4, -0.2) is 54.1 Å². The smallest absolute Gasteiger partial charge is 0.0594 e. The van der Waals surface area contributed by atoms with Crippen molar-refractivity contribution >= 4 is 0 Å². The zero-order valence-corrected chi connectivity index (χ0v) is 12.0. The van der Waals surface area contributed by atoms with Gasteiger partial charge in [-0.1, -0.05) is 6.92 Å². The molecule has 0 spiro atoms. The molecule has 1 fully saturated rings. The van der Waals surface area contributed by atoms with Gasteiger partial charge in [0.1, 0.15) is 0 Å². The summed E-state index contributed by atoms with van der Waals surface area (Å²) < 4.78 is 7.44. The highest BCUT2D eigenvalue weighted by atomic mass is 16.5. The van der Waals surface area contributed by atoms with Crippen molar-refractivity contribution in [1.29, 1.82) is 0 Å². The van der Waals surface area contributed by atoms with Crippen molar-refractivity contribution in [3.63, 3.8) is 0 Å². The highest BCUT2D eigenvalue weighted by molar-refractivity contribution is 4.99. The Morgan fingerprint density at radius 2 is 2.16 bits per heavy atom. The topological polar surface area (TPSA) is 42.3 Å². The molecule has 0 radical (unpaired) electrons. The third kappa shape index (κ3) is 4.93. The zero-order valence-electron chi connectivity index (χ0n) is 12.0. The lowest BCUT2D eigenvalue weighted by atomic mass is 10.3. The zero-order chi connectivity index (χ0) is 13.3. The fourth-order valence-electron chi connectivity index (χ4n) is 2.39. The number of nitrogens with zero attached hydrogens (tertiary/aromatic N) is 3. The lowest BCUT2D eigenvalue weighted by molar-refractivity contribution is 0.0374. The van der Waals surface area contributed by atoms with E-state index in [1.54, 1.807) is 0 Å². The van der Waals surface area contributed by atoms with E-state index < -0.39 is 0 Å². The lowest BCUT2D eigenvalue weighted by Crippen LogP contribution is -2.37. The normalized spacial score (nSPS) is 16.9. The molecular weight excluding hydrogens is 240 g/mol. The molecule has 0 aromatic carbocycles. The molecule has 5 nitrogen and oxygen atoms in total. The predicted octanol–water partition coefficient (Wildman–Crippen LogP) is 1.10. The number of aromatic nitrogens is 2. The van der Waals surface area contributed by atoms with Crippen molar-refractivity contribution in [2.45, 2.75) is 32.9 Å². The molecule has 2 rings (SSSR count). The molecule has 19 heavy (non-hydrogen) atoms. The van der Waals surface area contributed by atoms with Gasteiger partial charge in [-0.3, -0.25) is 9.58 Å². The van der Waals surface area contributed by atoms with Crippen LogP contribution in [0.1, 0.15) is 25.5 Å². The second-order valence-corrected chi connectivity index (χ2v) is 5.03. The maximum atomic E-state index is 5.35. The first-order valence-electron chi connectivity index (χ1n) is 7.41. The van der Waals surface area contributed by atoms with Crippen LogP contribution in [0.25, 0.3) is 0 Å². The van der Waals surface area contributed by atoms with E-state index in [1.807, 2.05) is 6.20 Å². The molecule has 0 amide bonds. The van der Waals surface area contributed by atoms with Gasteiger partial charge in [-0.05, 0) is 32.0 Å². The average Bonchev–Trinajstić information content (AvgIpc) is 2.88. The van der Waals surface area contributed by atoms with Crippen LogP contribution in [0.5, 0.6) is 0 Å². The second-order valence-electron chi connectivity index (χ2n) is 5.03. The number of ether oxygens (including phenoxy) is 1. The maximum Gasteiger partial charge on any atom is 0.0594 e. The SMILES string of the molecule is CCCn1nccc1CNCCCN1CCOCC1. The number of morpholine rings is 1.